The van der Waals surface area contributed by atoms with Gasteiger partial charge in [0.1, 0.15) is 17.3 Å². The second-order valence-electron chi connectivity index (χ2n) is 7.88. The Morgan fingerprint density at radius 1 is 1.06 bits per heavy atom. The van der Waals surface area contributed by atoms with Crippen molar-refractivity contribution in [2.75, 3.05) is 7.11 Å². The van der Waals surface area contributed by atoms with Crippen LogP contribution in [0.15, 0.2) is 59.4 Å². The molecule has 1 atom stereocenters. The summed E-state index contributed by atoms with van der Waals surface area (Å²) in [4.78, 5) is 26.5. The van der Waals surface area contributed by atoms with Gasteiger partial charge in [0.25, 0.3) is 5.56 Å². The number of methoxy groups -OCH3 is 1. The number of carbonyl (C=O) groups is 1. The van der Waals surface area contributed by atoms with Gasteiger partial charge in [-0.05, 0) is 50.1 Å². The molecule has 8 heteroatoms. The highest BCUT2D eigenvalue weighted by Gasteiger charge is 2.25. The number of aryl methyl sites for hydroxylation is 2. The number of hydrogen-bond acceptors (Lipinski definition) is 5. The van der Waals surface area contributed by atoms with Gasteiger partial charge in [-0.2, -0.15) is 10.2 Å². The maximum Gasteiger partial charge on any atom is 0.278 e. The molecular weight excluding hydrogens is 418 g/mol. The molecule has 4 aromatic rings. The van der Waals surface area contributed by atoms with Crippen molar-refractivity contribution < 1.29 is 9.53 Å². The summed E-state index contributed by atoms with van der Waals surface area (Å²) in [7, 11) is 1.61. The average Bonchev–Trinajstić information content (AvgIpc) is 3.20. The molecule has 0 radical (unpaired) electrons. The number of aromatic nitrogens is 4. The SMILES string of the molecule is CC[C@H](C(=O)NCc1ccc(OC)cc1)n1nc(C)c2nn(-c3ccccc3)c(C)c2c1=O. The predicted molar refractivity (Wildman–Crippen MR) is 127 cm³/mol. The maximum absolute atomic E-state index is 13.4. The lowest BCUT2D eigenvalue weighted by molar-refractivity contribution is -0.125. The van der Waals surface area contributed by atoms with Gasteiger partial charge in [-0.1, -0.05) is 37.3 Å². The summed E-state index contributed by atoms with van der Waals surface area (Å²) in [6.45, 7) is 5.88. The van der Waals surface area contributed by atoms with Crippen molar-refractivity contribution in [3.63, 3.8) is 0 Å². The molecular formula is C25H27N5O3. The fraction of sp³-hybridized carbons (Fsp3) is 0.280. The molecule has 2 aromatic carbocycles. The third-order valence-corrected chi connectivity index (χ3v) is 5.75. The molecule has 0 aliphatic carbocycles. The summed E-state index contributed by atoms with van der Waals surface area (Å²) >= 11 is 0. The van der Waals surface area contributed by atoms with E-state index in [9.17, 15) is 9.59 Å². The Hall–Kier alpha value is -3.94. The first-order valence-electron chi connectivity index (χ1n) is 10.9. The Morgan fingerprint density at radius 3 is 2.39 bits per heavy atom. The van der Waals surface area contributed by atoms with E-state index in [0.29, 0.717) is 35.3 Å². The Kier molecular flexibility index (Phi) is 6.26. The van der Waals surface area contributed by atoms with Gasteiger partial charge in [-0.25, -0.2) is 9.36 Å². The van der Waals surface area contributed by atoms with E-state index in [1.54, 1.807) is 11.8 Å². The second kappa shape index (κ2) is 9.28. The van der Waals surface area contributed by atoms with Gasteiger partial charge in [-0.15, -0.1) is 0 Å². The molecule has 1 amide bonds. The summed E-state index contributed by atoms with van der Waals surface area (Å²) in [6, 6.07) is 16.4. The monoisotopic (exact) mass is 445 g/mol. The highest BCUT2D eigenvalue weighted by molar-refractivity contribution is 5.84. The van der Waals surface area contributed by atoms with E-state index < -0.39 is 6.04 Å². The van der Waals surface area contributed by atoms with Crippen molar-refractivity contribution in [3.05, 3.63) is 81.9 Å². The molecule has 33 heavy (non-hydrogen) atoms. The lowest BCUT2D eigenvalue weighted by atomic mass is 10.1. The number of amides is 1. The summed E-state index contributed by atoms with van der Waals surface area (Å²) in [5.74, 6) is 0.497. The van der Waals surface area contributed by atoms with Crippen LogP contribution in [0.25, 0.3) is 16.6 Å². The number of rotatable bonds is 7. The van der Waals surface area contributed by atoms with Crippen LogP contribution in [0.4, 0.5) is 0 Å². The molecule has 2 aromatic heterocycles. The van der Waals surface area contributed by atoms with Crippen molar-refractivity contribution in [1.29, 1.82) is 0 Å². The summed E-state index contributed by atoms with van der Waals surface area (Å²) < 4.78 is 8.21. The van der Waals surface area contributed by atoms with Crippen LogP contribution < -0.4 is 15.6 Å². The van der Waals surface area contributed by atoms with Gasteiger partial charge in [0.2, 0.25) is 5.91 Å². The minimum atomic E-state index is -0.724. The number of fused-ring (bicyclic) bond motifs is 1. The molecule has 0 saturated carbocycles. The molecule has 0 unspecified atom stereocenters. The maximum atomic E-state index is 13.4. The highest BCUT2D eigenvalue weighted by Crippen LogP contribution is 2.21. The number of ether oxygens (including phenoxy) is 1. The summed E-state index contributed by atoms with van der Waals surface area (Å²) in [6.07, 6.45) is 0.429. The van der Waals surface area contributed by atoms with E-state index in [1.165, 1.54) is 4.68 Å². The van der Waals surface area contributed by atoms with Gasteiger partial charge in [0, 0.05) is 6.54 Å². The third-order valence-electron chi connectivity index (χ3n) is 5.75. The standard InChI is InChI=1S/C25H27N5O3/c1-5-21(24(31)26-15-18-11-13-20(33-4)14-12-18)30-25(32)22-17(3)29(19-9-7-6-8-10-19)28-23(22)16(2)27-30/h6-14,21H,5,15H2,1-4H3,(H,26,31)/t21-/m1/s1. The lowest BCUT2D eigenvalue weighted by Gasteiger charge is -2.17. The van der Waals surface area contributed by atoms with Gasteiger partial charge in [0.05, 0.1) is 29.6 Å². The number of para-hydroxylation sites is 1. The zero-order valence-corrected chi connectivity index (χ0v) is 19.2. The minimum Gasteiger partial charge on any atom is -0.497 e. The Bertz CT molecular complexity index is 1340. The Morgan fingerprint density at radius 2 is 1.76 bits per heavy atom. The van der Waals surface area contributed by atoms with Crippen molar-refractivity contribution in [2.45, 2.75) is 39.8 Å². The molecule has 0 saturated heterocycles. The van der Waals surface area contributed by atoms with Crippen LogP contribution >= 0.6 is 0 Å². The molecule has 8 nitrogen and oxygen atoms in total. The van der Waals surface area contributed by atoms with Gasteiger partial charge < -0.3 is 10.1 Å². The molecule has 0 fully saturated rings. The van der Waals surface area contributed by atoms with E-state index in [1.807, 2.05) is 75.4 Å². The third kappa shape index (κ3) is 4.24. The van der Waals surface area contributed by atoms with Crippen LogP contribution in [0.2, 0.25) is 0 Å². The lowest BCUT2D eigenvalue weighted by Crippen LogP contribution is -2.38. The molecule has 0 spiro atoms. The number of benzene rings is 2. The Balaban J connectivity index is 1.66. The van der Waals surface area contributed by atoms with Crippen molar-refractivity contribution >= 4 is 16.8 Å². The first kappa shape index (κ1) is 22.3. The minimum absolute atomic E-state index is 0.255. The smallest absolute Gasteiger partial charge is 0.278 e. The van der Waals surface area contributed by atoms with E-state index in [-0.39, 0.29) is 11.5 Å². The summed E-state index contributed by atoms with van der Waals surface area (Å²) in [5.41, 5.74) is 3.34. The van der Waals surface area contributed by atoms with E-state index >= 15 is 0 Å². The van der Waals surface area contributed by atoms with Gasteiger partial charge in [-0.3, -0.25) is 9.59 Å². The molecule has 170 valence electrons. The first-order valence-corrected chi connectivity index (χ1v) is 10.9. The van der Waals surface area contributed by atoms with Gasteiger partial charge in [0.15, 0.2) is 0 Å². The molecule has 0 aliphatic rings. The van der Waals surface area contributed by atoms with E-state index in [0.717, 1.165) is 17.0 Å². The van der Waals surface area contributed by atoms with Crippen molar-refractivity contribution in [2.24, 2.45) is 0 Å². The fourth-order valence-electron chi connectivity index (χ4n) is 3.93. The zero-order chi connectivity index (χ0) is 23.5. The number of carbonyl (C=O) groups excluding carboxylic acids is 1. The molecule has 4 rings (SSSR count). The molecule has 0 bridgehead atoms. The fourth-order valence-corrected chi connectivity index (χ4v) is 3.93. The quantitative estimate of drug-likeness (QED) is 0.470. The summed E-state index contributed by atoms with van der Waals surface area (Å²) in [5, 5.41) is 12.5. The largest absolute Gasteiger partial charge is 0.497 e. The van der Waals surface area contributed by atoms with E-state index in [2.05, 4.69) is 15.5 Å². The topological polar surface area (TPSA) is 91.0 Å². The number of hydrogen-bond donors (Lipinski definition) is 1. The van der Waals surface area contributed by atoms with Crippen LogP contribution in [-0.2, 0) is 11.3 Å². The number of nitrogens with zero attached hydrogens (tertiary/aromatic N) is 4. The van der Waals surface area contributed by atoms with Crippen LogP contribution in [0.3, 0.4) is 0 Å². The Labute approximate surface area is 191 Å². The van der Waals surface area contributed by atoms with Crippen molar-refractivity contribution in [1.82, 2.24) is 24.9 Å². The second-order valence-corrected chi connectivity index (χ2v) is 7.88. The van der Waals surface area contributed by atoms with Crippen LogP contribution in [-0.4, -0.2) is 32.6 Å². The normalized spacial score (nSPS) is 12.0. The number of nitrogens with one attached hydrogen (secondary N) is 1. The zero-order valence-electron chi connectivity index (χ0n) is 19.2. The van der Waals surface area contributed by atoms with Crippen LogP contribution in [0.5, 0.6) is 5.75 Å². The molecule has 1 N–H and O–H groups in total. The molecule has 2 heterocycles. The molecule has 0 aliphatic heterocycles. The van der Waals surface area contributed by atoms with Gasteiger partial charge >= 0.3 is 0 Å². The van der Waals surface area contributed by atoms with Crippen molar-refractivity contribution in [3.8, 4) is 11.4 Å². The average molecular weight is 446 g/mol. The van der Waals surface area contributed by atoms with E-state index in [4.69, 9.17) is 4.74 Å². The predicted octanol–water partition coefficient (Wildman–Crippen LogP) is 3.48. The van der Waals surface area contributed by atoms with Crippen LogP contribution in [0.1, 0.15) is 36.3 Å². The highest BCUT2D eigenvalue weighted by atomic mass is 16.5. The van der Waals surface area contributed by atoms with Crippen LogP contribution in [0, 0.1) is 13.8 Å². The first-order chi connectivity index (χ1) is 15.9.